The predicted molar refractivity (Wildman–Crippen MR) is 86.8 cm³/mol. The van der Waals surface area contributed by atoms with Crippen molar-refractivity contribution in [2.75, 3.05) is 19.1 Å². The summed E-state index contributed by atoms with van der Waals surface area (Å²) < 4.78 is 4.71. The first kappa shape index (κ1) is 20.2. The molecule has 0 fully saturated rings. The molecule has 0 heterocycles. The number of aryl methyl sites for hydroxylation is 1. The van der Waals surface area contributed by atoms with Crippen LogP contribution in [0.2, 0.25) is 0 Å². The number of ether oxygens (including phenoxy) is 1. The van der Waals surface area contributed by atoms with Crippen LogP contribution in [-0.4, -0.2) is 19.3 Å². The summed E-state index contributed by atoms with van der Waals surface area (Å²) in [6, 6.07) is 3.63. The smallest absolute Gasteiger partial charge is 0.338 e. The zero-order chi connectivity index (χ0) is 15.4. The van der Waals surface area contributed by atoms with Crippen molar-refractivity contribution in [1.82, 2.24) is 0 Å². The maximum absolute atomic E-state index is 11.5. The molecule has 0 bridgehead atoms. The van der Waals surface area contributed by atoms with Crippen LogP contribution in [0.3, 0.4) is 0 Å². The quantitative estimate of drug-likeness (QED) is 0.665. The van der Waals surface area contributed by atoms with Crippen LogP contribution < -0.4 is 5.73 Å². The summed E-state index contributed by atoms with van der Waals surface area (Å²) in [4.78, 5) is 11.5. The van der Waals surface area contributed by atoms with Gasteiger partial charge in [-0.2, -0.15) is 11.8 Å². The number of nitrogen functional groups attached to an aromatic ring is 1. The lowest BCUT2D eigenvalue weighted by molar-refractivity contribution is 0.0600. The summed E-state index contributed by atoms with van der Waals surface area (Å²) in [7, 11) is 1.38. The standard InChI is InChI=1S/C11H15NO2S.2C2H6/c1-7-4-8(6-15-3)9(5-10(7)12)11(13)14-2;2*1-2/h4-5H,6,12H2,1-3H3;2*1-2H3. The van der Waals surface area contributed by atoms with Gasteiger partial charge in [-0.05, 0) is 30.4 Å². The Hall–Kier alpha value is -1.16. The molecular formula is C15H27NO2S. The average Bonchev–Trinajstić information content (AvgIpc) is 2.46. The molecule has 1 aromatic carbocycles. The van der Waals surface area contributed by atoms with Gasteiger partial charge in [0.25, 0.3) is 0 Å². The normalized spacial score (nSPS) is 8.58. The van der Waals surface area contributed by atoms with Crippen molar-refractivity contribution in [3.8, 4) is 0 Å². The van der Waals surface area contributed by atoms with Gasteiger partial charge in [0, 0.05) is 11.4 Å². The van der Waals surface area contributed by atoms with Gasteiger partial charge in [0.2, 0.25) is 0 Å². The Bertz CT molecular complexity index is 379. The van der Waals surface area contributed by atoms with Crippen LogP contribution in [0.5, 0.6) is 0 Å². The Kier molecular flexibility index (Phi) is 12.6. The van der Waals surface area contributed by atoms with Gasteiger partial charge in [0.1, 0.15) is 0 Å². The maximum Gasteiger partial charge on any atom is 0.338 e. The second-order valence-electron chi connectivity index (χ2n) is 3.29. The molecule has 0 spiro atoms. The number of rotatable bonds is 3. The van der Waals surface area contributed by atoms with E-state index >= 15 is 0 Å². The number of thioether (sulfide) groups is 1. The van der Waals surface area contributed by atoms with E-state index in [1.165, 1.54) is 7.11 Å². The van der Waals surface area contributed by atoms with Crippen molar-refractivity contribution in [3.05, 3.63) is 28.8 Å². The van der Waals surface area contributed by atoms with Crippen molar-refractivity contribution in [3.63, 3.8) is 0 Å². The van der Waals surface area contributed by atoms with E-state index in [0.717, 1.165) is 16.9 Å². The maximum atomic E-state index is 11.5. The second-order valence-corrected chi connectivity index (χ2v) is 4.16. The number of esters is 1. The van der Waals surface area contributed by atoms with Crippen LogP contribution in [0.1, 0.15) is 49.2 Å². The fourth-order valence-corrected chi connectivity index (χ4v) is 1.91. The molecule has 0 aliphatic rings. The van der Waals surface area contributed by atoms with Crippen LogP contribution in [0.15, 0.2) is 12.1 Å². The van der Waals surface area contributed by atoms with Crippen molar-refractivity contribution in [2.45, 2.75) is 40.4 Å². The number of anilines is 1. The number of methoxy groups -OCH3 is 1. The first-order chi connectivity index (χ1) is 9.10. The lowest BCUT2D eigenvalue weighted by atomic mass is 10.0. The van der Waals surface area contributed by atoms with E-state index < -0.39 is 0 Å². The molecule has 3 nitrogen and oxygen atoms in total. The summed E-state index contributed by atoms with van der Waals surface area (Å²) in [5.41, 5.74) is 8.92. The van der Waals surface area contributed by atoms with Gasteiger partial charge in [-0.25, -0.2) is 4.79 Å². The van der Waals surface area contributed by atoms with E-state index in [0.29, 0.717) is 11.3 Å². The van der Waals surface area contributed by atoms with E-state index in [4.69, 9.17) is 10.5 Å². The van der Waals surface area contributed by atoms with Gasteiger partial charge in [-0.15, -0.1) is 0 Å². The molecule has 0 atom stereocenters. The number of benzene rings is 1. The molecule has 0 saturated carbocycles. The molecular weight excluding hydrogens is 258 g/mol. The van der Waals surface area contributed by atoms with Gasteiger partial charge in [-0.1, -0.05) is 33.8 Å². The summed E-state index contributed by atoms with van der Waals surface area (Å²) in [6.45, 7) is 9.93. The van der Waals surface area contributed by atoms with Gasteiger partial charge in [0.05, 0.1) is 12.7 Å². The zero-order valence-electron chi connectivity index (χ0n) is 13.2. The van der Waals surface area contributed by atoms with Crippen LogP contribution >= 0.6 is 11.8 Å². The van der Waals surface area contributed by atoms with Gasteiger partial charge < -0.3 is 10.5 Å². The molecule has 0 aromatic heterocycles. The second kappa shape index (κ2) is 11.9. The highest BCUT2D eigenvalue weighted by Gasteiger charge is 2.13. The number of hydrogen-bond donors (Lipinski definition) is 1. The van der Waals surface area contributed by atoms with Crippen LogP contribution in [-0.2, 0) is 10.5 Å². The number of nitrogens with two attached hydrogens (primary N) is 1. The molecule has 0 amide bonds. The summed E-state index contributed by atoms with van der Waals surface area (Å²) in [5.74, 6) is 0.455. The van der Waals surface area contributed by atoms with Crippen LogP contribution in [0.25, 0.3) is 0 Å². The monoisotopic (exact) mass is 285 g/mol. The minimum atomic E-state index is -0.328. The highest BCUT2D eigenvalue weighted by Crippen LogP contribution is 2.22. The lowest BCUT2D eigenvalue weighted by Crippen LogP contribution is -2.07. The Morgan fingerprint density at radius 1 is 1.26 bits per heavy atom. The third kappa shape index (κ3) is 6.53. The highest BCUT2D eigenvalue weighted by atomic mass is 32.2. The Balaban J connectivity index is 0. The molecule has 1 aromatic rings. The highest BCUT2D eigenvalue weighted by molar-refractivity contribution is 7.97. The number of carbonyl (C=O) groups is 1. The van der Waals surface area contributed by atoms with Crippen molar-refractivity contribution >= 4 is 23.4 Å². The van der Waals surface area contributed by atoms with Gasteiger partial charge >= 0.3 is 5.97 Å². The minimum Gasteiger partial charge on any atom is -0.465 e. The number of carbonyl (C=O) groups excluding carboxylic acids is 1. The SMILES string of the molecule is CC.CC.COC(=O)c1cc(N)c(C)cc1CSC. The summed E-state index contributed by atoms with van der Waals surface area (Å²) in [6.07, 6.45) is 1.99. The Morgan fingerprint density at radius 2 is 1.79 bits per heavy atom. The average molecular weight is 285 g/mol. The molecule has 0 radical (unpaired) electrons. The molecule has 0 aliphatic heterocycles. The molecule has 0 aliphatic carbocycles. The van der Waals surface area contributed by atoms with E-state index in [2.05, 4.69) is 0 Å². The van der Waals surface area contributed by atoms with Gasteiger partial charge in [-0.3, -0.25) is 0 Å². The summed E-state index contributed by atoms with van der Waals surface area (Å²) >= 11 is 1.66. The third-order valence-electron chi connectivity index (χ3n) is 2.20. The molecule has 4 heteroatoms. The van der Waals surface area contributed by atoms with E-state index in [-0.39, 0.29) is 5.97 Å². The van der Waals surface area contributed by atoms with Crippen LogP contribution in [0.4, 0.5) is 5.69 Å². The topological polar surface area (TPSA) is 52.3 Å². The van der Waals surface area contributed by atoms with Gasteiger partial charge in [0.15, 0.2) is 0 Å². The Labute approximate surface area is 121 Å². The first-order valence-corrected chi connectivity index (χ1v) is 7.95. The minimum absolute atomic E-state index is 0.328. The fraction of sp³-hybridized carbons (Fsp3) is 0.533. The largest absolute Gasteiger partial charge is 0.465 e. The fourth-order valence-electron chi connectivity index (χ4n) is 1.36. The molecule has 0 saturated heterocycles. The molecule has 110 valence electrons. The first-order valence-electron chi connectivity index (χ1n) is 6.56. The van der Waals surface area contributed by atoms with Crippen LogP contribution in [0, 0.1) is 6.92 Å². The summed E-state index contributed by atoms with van der Waals surface area (Å²) in [5, 5.41) is 0. The van der Waals surface area contributed by atoms with E-state index in [9.17, 15) is 4.79 Å². The van der Waals surface area contributed by atoms with Crippen molar-refractivity contribution < 1.29 is 9.53 Å². The number of hydrogen-bond acceptors (Lipinski definition) is 4. The molecule has 19 heavy (non-hydrogen) atoms. The lowest BCUT2D eigenvalue weighted by Gasteiger charge is -2.10. The molecule has 2 N–H and O–H groups in total. The molecule has 1 rings (SSSR count). The zero-order valence-corrected chi connectivity index (χ0v) is 14.0. The molecule has 0 unspecified atom stereocenters. The van der Waals surface area contributed by atoms with Crippen molar-refractivity contribution in [2.24, 2.45) is 0 Å². The van der Waals surface area contributed by atoms with Crippen molar-refractivity contribution in [1.29, 1.82) is 0 Å². The third-order valence-corrected chi connectivity index (χ3v) is 2.80. The van der Waals surface area contributed by atoms with E-state index in [1.54, 1.807) is 17.8 Å². The van der Waals surface area contributed by atoms with E-state index in [1.807, 2.05) is 46.9 Å². The Morgan fingerprint density at radius 3 is 2.21 bits per heavy atom. The predicted octanol–water partition coefficient (Wildman–Crippen LogP) is 4.28.